The van der Waals surface area contributed by atoms with Crippen molar-refractivity contribution < 1.29 is 0 Å². The number of hydrogen-bond donors (Lipinski definition) is 0. The topological polar surface area (TPSA) is 3.24 Å². The van der Waals surface area contributed by atoms with Gasteiger partial charge in [-0.05, 0) is 31.4 Å². The number of nitrogens with zero attached hydrogens (tertiary/aromatic N) is 1. The number of benzene rings is 1. The highest BCUT2D eigenvalue weighted by Gasteiger charge is 2.05. The largest absolute Gasteiger partial charge is 0.371 e. The Labute approximate surface area is 99.9 Å². The third-order valence-electron chi connectivity index (χ3n) is 2.44. The van der Waals surface area contributed by atoms with Gasteiger partial charge < -0.3 is 4.90 Å². The molecule has 0 heterocycles. The van der Waals surface area contributed by atoms with E-state index in [1.807, 2.05) is 0 Å². The highest BCUT2D eigenvalue weighted by atomic mass is 35.5. The number of anilines is 1. The lowest BCUT2D eigenvalue weighted by atomic mass is 10.1. The third-order valence-corrected chi connectivity index (χ3v) is 2.44. The fourth-order valence-corrected chi connectivity index (χ4v) is 1.81. The van der Waals surface area contributed by atoms with Crippen LogP contribution in [-0.2, 0) is 0 Å². The van der Waals surface area contributed by atoms with Crippen LogP contribution in [0.15, 0.2) is 24.3 Å². The zero-order chi connectivity index (χ0) is 10.4. The summed E-state index contributed by atoms with van der Waals surface area (Å²) in [7, 11) is 0. The molecule has 0 saturated heterocycles. The van der Waals surface area contributed by atoms with E-state index in [0.29, 0.717) is 0 Å². The molecule has 0 atom stereocenters. The molecule has 0 radical (unpaired) electrons. The van der Waals surface area contributed by atoms with E-state index in [2.05, 4.69) is 49.9 Å². The van der Waals surface area contributed by atoms with Crippen molar-refractivity contribution in [1.82, 2.24) is 0 Å². The Bertz CT molecular complexity index is 267. The summed E-state index contributed by atoms with van der Waals surface area (Å²) >= 11 is 0. The molecule has 1 rings (SSSR count). The molecule has 0 fully saturated rings. The van der Waals surface area contributed by atoms with E-state index in [-0.39, 0.29) is 12.4 Å². The first-order valence-corrected chi connectivity index (χ1v) is 5.60. The molecule has 0 N–H and O–H groups in total. The van der Waals surface area contributed by atoms with Crippen molar-refractivity contribution in [2.45, 2.75) is 33.6 Å². The molecule has 0 aliphatic heterocycles. The van der Waals surface area contributed by atoms with Gasteiger partial charge in [-0.3, -0.25) is 0 Å². The fourth-order valence-electron chi connectivity index (χ4n) is 1.81. The predicted molar refractivity (Wildman–Crippen MR) is 71.2 cm³/mol. The molecule has 15 heavy (non-hydrogen) atoms. The Hall–Kier alpha value is -0.690. The zero-order valence-corrected chi connectivity index (χ0v) is 10.8. The predicted octanol–water partition coefficient (Wildman–Crippen LogP) is 4.04. The molecule has 0 saturated carbocycles. The number of para-hydroxylation sites is 1. The van der Waals surface area contributed by atoms with Gasteiger partial charge in [0.05, 0.1) is 0 Å². The van der Waals surface area contributed by atoms with Crippen molar-refractivity contribution in [1.29, 1.82) is 0 Å². The Morgan fingerprint density at radius 1 is 1.00 bits per heavy atom. The van der Waals surface area contributed by atoms with E-state index in [9.17, 15) is 0 Å². The molecule has 86 valence electrons. The van der Waals surface area contributed by atoms with Crippen LogP contribution in [0.4, 0.5) is 5.69 Å². The summed E-state index contributed by atoms with van der Waals surface area (Å²) in [5.41, 5.74) is 2.78. The molecule has 0 aliphatic rings. The lowest BCUT2D eigenvalue weighted by Gasteiger charge is -2.25. The van der Waals surface area contributed by atoms with Gasteiger partial charge in [0.1, 0.15) is 0 Å². The normalized spacial score (nSPS) is 9.53. The van der Waals surface area contributed by atoms with Crippen molar-refractivity contribution in [3.05, 3.63) is 29.8 Å². The fraction of sp³-hybridized carbons (Fsp3) is 0.538. The summed E-state index contributed by atoms with van der Waals surface area (Å²) in [5, 5.41) is 0. The van der Waals surface area contributed by atoms with E-state index >= 15 is 0 Å². The minimum atomic E-state index is 0. The minimum absolute atomic E-state index is 0. The Morgan fingerprint density at radius 2 is 1.53 bits per heavy atom. The van der Waals surface area contributed by atoms with Crippen LogP contribution < -0.4 is 4.90 Å². The first-order valence-electron chi connectivity index (χ1n) is 5.60. The Kier molecular flexibility index (Phi) is 7.23. The molecule has 0 aliphatic carbocycles. The molecule has 0 unspecified atom stereocenters. The highest BCUT2D eigenvalue weighted by Crippen LogP contribution is 2.19. The van der Waals surface area contributed by atoms with E-state index in [1.165, 1.54) is 37.2 Å². The second-order valence-electron chi connectivity index (χ2n) is 3.77. The average molecular weight is 228 g/mol. The summed E-state index contributed by atoms with van der Waals surface area (Å²) in [5.74, 6) is 0. The number of aryl methyl sites for hydroxylation is 1. The maximum Gasteiger partial charge on any atom is 0.0395 e. The number of rotatable bonds is 5. The summed E-state index contributed by atoms with van der Waals surface area (Å²) in [6, 6.07) is 8.64. The highest BCUT2D eigenvalue weighted by molar-refractivity contribution is 5.85. The molecule has 1 aromatic rings. The van der Waals surface area contributed by atoms with Gasteiger partial charge in [-0.2, -0.15) is 0 Å². The minimum Gasteiger partial charge on any atom is -0.371 e. The van der Waals surface area contributed by atoms with Crippen LogP contribution in [0.25, 0.3) is 0 Å². The second kappa shape index (κ2) is 7.58. The summed E-state index contributed by atoms with van der Waals surface area (Å²) in [4.78, 5) is 2.48. The summed E-state index contributed by atoms with van der Waals surface area (Å²) in [6.07, 6.45) is 2.43. The molecule has 0 spiro atoms. The quantitative estimate of drug-likeness (QED) is 0.734. The van der Waals surface area contributed by atoms with Crippen molar-refractivity contribution in [3.8, 4) is 0 Å². The van der Waals surface area contributed by atoms with E-state index in [0.717, 1.165) is 0 Å². The molecule has 1 aromatic carbocycles. The first-order chi connectivity index (χ1) is 6.79. The van der Waals surface area contributed by atoms with Gasteiger partial charge >= 0.3 is 0 Å². The summed E-state index contributed by atoms with van der Waals surface area (Å²) < 4.78 is 0. The third kappa shape index (κ3) is 4.13. The lowest BCUT2D eigenvalue weighted by molar-refractivity contribution is 0.743. The van der Waals surface area contributed by atoms with Crippen molar-refractivity contribution in [2.24, 2.45) is 0 Å². The van der Waals surface area contributed by atoms with Crippen LogP contribution in [0.2, 0.25) is 0 Å². The standard InChI is InChI=1S/C13H21N.ClH/c1-4-10-14(11-5-2)13-9-7-6-8-12(13)3;/h6-9H,4-5,10-11H2,1-3H3;1H. The van der Waals surface area contributed by atoms with Gasteiger partial charge in [0, 0.05) is 18.8 Å². The van der Waals surface area contributed by atoms with Gasteiger partial charge in [0.15, 0.2) is 0 Å². The Balaban J connectivity index is 0.00000196. The zero-order valence-electron chi connectivity index (χ0n) is 9.99. The van der Waals surface area contributed by atoms with Gasteiger partial charge in [-0.25, -0.2) is 0 Å². The SMILES string of the molecule is CCCN(CCC)c1ccccc1C.Cl. The average Bonchev–Trinajstić information content (AvgIpc) is 2.18. The van der Waals surface area contributed by atoms with Gasteiger partial charge in [-0.15, -0.1) is 12.4 Å². The molecule has 0 aromatic heterocycles. The van der Waals surface area contributed by atoms with Crippen LogP contribution in [0.3, 0.4) is 0 Å². The van der Waals surface area contributed by atoms with Crippen molar-refractivity contribution >= 4 is 18.1 Å². The van der Waals surface area contributed by atoms with Gasteiger partial charge in [0.2, 0.25) is 0 Å². The molecular formula is C13H22ClN. The molecule has 0 bridgehead atoms. The van der Waals surface area contributed by atoms with Crippen LogP contribution >= 0.6 is 12.4 Å². The van der Waals surface area contributed by atoms with Crippen LogP contribution in [0, 0.1) is 6.92 Å². The maximum atomic E-state index is 2.48. The van der Waals surface area contributed by atoms with E-state index < -0.39 is 0 Å². The number of halogens is 1. The number of hydrogen-bond acceptors (Lipinski definition) is 1. The smallest absolute Gasteiger partial charge is 0.0395 e. The Morgan fingerprint density at radius 3 is 2.00 bits per heavy atom. The van der Waals surface area contributed by atoms with Crippen LogP contribution in [-0.4, -0.2) is 13.1 Å². The van der Waals surface area contributed by atoms with Crippen LogP contribution in [0.5, 0.6) is 0 Å². The maximum absolute atomic E-state index is 2.48. The van der Waals surface area contributed by atoms with Gasteiger partial charge in [0.25, 0.3) is 0 Å². The van der Waals surface area contributed by atoms with E-state index in [4.69, 9.17) is 0 Å². The van der Waals surface area contributed by atoms with E-state index in [1.54, 1.807) is 0 Å². The molecule has 0 amide bonds. The monoisotopic (exact) mass is 227 g/mol. The lowest BCUT2D eigenvalue weighted by Crippen LogP contribution is -2.25. The van der Waals surface area contributed by atoms with Crippen molar-refractivity contribution in [3.63, 3.8) is 0 Å². The summed E-state index contributed by atoms with van der Waals surface area (Å²) in [6.45, 7) is 8.99. The second-order valence-corrected chi connectivity index (χ2v) is 3.77. The first kappa shape index (κ1) is 14.3. The van der Waals surface area contributed by atoms with Gasteiger partial charge in [-0.1, -0.05) is 32.0 Å². The van der Waals surface area contributed by atoms with Crippen LogP contribution in [0.1, 0.15) is 32.3 Å². The van der Waals surface area contributed by atoms with Crippen molar-refractivity contribution in [2.75, 3.05) is 18.0 Å². The molecule has 2 heteroatoms. The molecule has 1 nitrogen and oxygen atoms in total. The molecular weight excluding hydrogens is 206 g/mol.